The van der Waals surface area contributed by atoms with E-state index in [0.717, 1.165) is 32.1 Å². The molecule has 0 radical (unpaired) electrons. The first-order chi connectivity index (χ1) is 9.19. The zero-order chi connectivity index (χ0) is 13.7. The van der Waals surface area contributed by atoms with Gasteiger partial charge in [-0.25, -0.2) is 4.39 Å². The summed E-state index contributed by atoms with van der Waals surface area (Å²) in [5.74, 6) is 0.316. The summed E-state index contributed by atoms with van der Waals surface area (Å²) in [5.41, 5.74) is 0.642. The topological polar surface area (TPSA) is 49.3 Å². The summed E-state index contributed by atoms with van der Waals surface area (Å²) in [6.45, 7) is 0.233. The number of amides is 1. The molecule has 1 saturated carbocycles. The number of aliphatic hydroxyl groups excluding tert-OH is 1. The number of carbonyl (C=O) groups is 1. The number of hydrogen-bond acceptors (Lipinski definition) is 2. The average Bonchev–Trinajstić information content (AvgIpc) is 2.42. The Bertz CT molecular complexity index is 411. The van der Waals surface area contributed by atoms with Crippen LogP contribution in [-0.2, 0) is 4.79 Å². The molecular formula is C15H20FNO2. The summed E-state index contributed by atoms with van der Waals surface area (Å²) < 4.78 is 12.8. The van der Waals surface area contributed by atoms with E-state index in [9.17, 15) is 9.18 Å². The van der Waals surface area contributed by atoms with Gasteiger partial charge in [0.25, 0.3) is 0 Å². The van der Waals surface area contributed by atoms with Crippen LogP contribution in [-0.4, -0.2) is 17.6 Å². The van der Waals surface area contributed by atoms with Crippen LogP contribution in [0.3, 0.4) is 0 Å². The molecule has 19 heavy (non-hydrogen) atoms. The molecule has 0 heterocycles. The predicted molar refractivity (Wildman–Crippen MR) is 72.2 cm³/mol. The summed E-state index contributed by atoms with van der Waals surface area (Å²) >= 11 is 0. The molecule has 0 aliphatic heterocycles. The van der Waals surface area contributed by atoms with Gasteiger partial charge in [-0.15, -0.1) is 0 Å². The fraction of sp³-hybridized carbons (Fsp3) is 0.533. The minimum absolute atomic E-state index is 0.0223. The maximum Gasteiger partial charge on any atom is 0.227 e. The lowest BCUT2D eigenvalue weighted by Gasteiger charge is -2.27. The van der Waals surface area contributed by atoms with E-state index in [1.54, 1.807) is 12.1 Å². The quantitative estimate of drug-likeness (QED) is 0.879. The van der Waals surface area contributed by atoms with Crippen LogP contribution in [0.4, 0.5) is 10.1 Å². The van der Waals surface area contributed by atoms with Crippen molar-refractivity contribution in [1.82, 2.24) is 0 Å². The van der Waals surface area contributed by atoms with E-state index in [4.69, 9.17) is 5.11 Å². The van der Waals surface area contributed by atoms with E-state index in [1.807, 2.05) is 0 Å². The lowest BCUT2D eigenvalue weighted by molar-refractivity contribution is -0.121. The van der Waals surface area contributed by atoms with Crippen LogP contribution in [0.1, 0.15) is 32.1 Å². The van der Waals surface area contributed by atoms with Crippen molar-refractivity contribution in [2.45, 2.75) is 32.1 Å². The first kappa shape index (κ1) is 14.0. The number of benzene rings is 1. The number of nitrogens with one attached hydrogen (secondary N) is 1. The highest BCUT2D eigenvalue weighted by Crippen LogP contribution is 2.31. The van der Waals surface area contributed by atoms with Crippen molar-refractivity contribution in [3.05, 3.63) is 30.1 Å². The second-order valence-corrected chi connectivity index (χ2v) is 5.23. The maximum absolute atomic E-state index is 12.8. The van der Waals surface area contributed by atoms with Gasteiger partial charge in [0.05, 0.1) is 0 Å². The Balaban J connectivity index is 1.83. The Morgan fingerprint density at radius 3 is 2.42 bits per heavy atom. The normalized spacial score (nSPS) is 23.1. The fourth-order valence-corrected chi connectivity index (χ4v) is 2.67. The van der Waals surface area contributed by atoms with Gasteiger partial charge in [-0.1, -0.05) is 0 Å². The van der Waals surface area contributed by atoms with Crippen LogP contribution in [0.5, 0.6) is 0 Å². The molecule has 0 saturated heterocycles. The monoisotopic (exact) mass is 265 g/mol. The molecule has 0 unspecified atom stereocenters. The van der Waals surface area contributed by atoms with E-state index in [0.29, 0.717) is 11.6 Å². The van der Waals surface area contributed by atoms with Gasteiger partial charge < -0.3 is 10.4 Å². The Labute approximate surface area is 112 Å². The average molecular weight is 265 g/mol. The molecule has 2 rings (SSSR count). The SMILES string of the molecule is O=C(Nc1ccc(F)cc1)C1CCC(CCO)CC1. The van der Waals surface area contributed by atoms with Crippen LogP contribution in [0.15, 0.2) is 24.3 Å². The first-order valence-electron chi connectivity index (χ1n) is 6.86. The van der Waals surface area contributed by atoms with Crippen molar-refractivity contribution in [2.24, 2.45) is 11.8 Å². The van der Waals surface area contributed by atoms with Crippen LogP contribution in [0.25, 0.3) is 0 Å². The van der Waals surface area contributed by atoms with E-state index < -0.39 is 0 Å². The molecule has 1 aromatic carbocycles. The third kappa shape index (κ3) is 4.03. The second-order valence-electron chi connectivity index (χ2n) is 5.23. The van der Waals surface area contributed by atoms with Crippen LogP contribution in [0.2, 0.25) is 0 Å². The molecular weight excluding hydrogens is 245 g/mol. The minimum Gasteiger partial charge on any atom is -0.396 e. The van der Waals surface area contributed by atoms with Gasteiger partial charge in [-0.2, -0.15) is 0 Å². The van der Waals surface area contributed by atoms with E-state index in [2.05, 4.69) is 5.32 Å². The third-order valence-corrected chi connectivity index (χ3v) is 3.87. The molecule has 0 spiro atoms. The van der Waals surface area contributed by atoms with Crippen molar-refractivity contribution >= 4 is 11.6 Å². The number of anilines is 1. The van der Waals surface area contributed by atoms with E-state index >= 15 is 0 Å². The molecule has 0 bridgehead atoms. The van der Waals surface area contributed by atoms with Crippen LogP contribution < -0.4 is 5.32 Å². The van der Waals surface area contributed by atoms with Crippen LogP contribution >= 0.6 is 0 Å². The van der Waals surface area contributed by atoms with Crippen molar-refractivity contribution in [3.8, 4) is 0 Å². The Kier molecular flexibility index (Phi) is 4.91. The van der Waals surface area contributed by atoms with Crippen LogP contribution in [0, 0.1) is 17.7 Å². The highest BCUT2D eigenvalue weighted by atomic mass is 19.1. The fourth-order valence-electron chi connectivity index (χ4n) is 2.67. The van der Waals surface area contributed by atoms with Gasteiger partial charge in [0, 0.05) is 18.2 Å². The van der Waals surface area contributed by atoms with Gasteiger partial charge >= 0.3 is 0 Å². The standard InChI is InChI=1S/C15H20FNO2/c16-13-5-7-14(8-6-13)17-15(19)12-3-1-11(2-4-12)9-10-18/h5-8,11-12,18H,1-4,9-10H2,(H,17,19). The molecule has 4 heteroatoms. The molecule has 1 amide bonds. The summed E-state index contributed by atoms with van der Waals surface area (Å²) in [6, 6.07) is 5.83. The molecule has 104 valence electrons. The number of aliphatic hydroxyl groups is 1. The van der Waals surface area contributed by atoms with Gasteiger partial charge in [0.2, 0.25) is 5.91 Å². The lowest BCUT2D eigenvalue weighted by atomic mass is 9.80. The molecule has 3 nitrogen and oxygen atoms in total. The summed E-state index contributed by atoms with van der Waals surface area (Å²) in [7, 11) is 0. The van der Waals surface area contributed by atoms with Crippen molar-refractivity contribution in [3.63, 3.8) is 0 Å². The Morgan fingerprint density at radius 1 is 1.21 bits per heavy atom. The van der Waals surface area contributed by atoms with E-state index in [-0.39, 0.29) is 24.2 Å². The lowest BCUT2D eigenvalue weighted by Crippen LogP contribution is -2.27. The van der Waals surface area contributed by atoms with Gasteiger partial charge in [0.15, 0.2) is 0 Å². The summed E-state index contributed by atoms with van der Waals surface area (Å²) in [5, 5.41) is 11.7. The summed E-state index contributed by atoms with van der Waals surface area (Å²) in [4.78, 5) is 12.1. The largest absolute Gasteiger partial charge is 0.396 e. The smallest absolute Gasteiger partial charge is 0.227 e. The second kappa shape index (κ2) is 6.66. The number of carbonyl (C=O) groups excluding carboxylic acids is 1. The highest BCUT2D eigenvalue weighted by Gasteiger charge is 2.25. The van der Waals surface area contributed by atoms with Gasteiger partial charge in [-0.3, -0.25) is 4.79 Å². The van der Waals surface area contributed by atoms with Crippen molar-refractivity contribution < 1.29 is 14.3 Å². The molecule has 2 N–H and O–H groups in total. The molecule has 1 fully saturated rings. The maximum atomic E-state index is 12.8. The highest BCUT2D eigenvalue weighted by molar-refractivity contribution is 5.92. The van der Waals surface area contributed by atoms with E-state index in [1.165, 1.54) is 12.1 Å². The number of halogens is 1. The molecule has 1 aliphatic carbocycles. The van der Waals surface area contributed by atoms with Gasteiger partial charge in [0.1, 0.15) is 5.82 Å². The van der Waals surface area contributed by atoms with Crippen molar-refractivity contribution in [1.29, 1.82) is 0 Å². The zero-order valence-electron chi connectivity index (χ0n) is 10.9. The number of rotatable bonds is 4. The summed E-state index contributed by atoms with van der Waals surface area (Å²) in [6.07, 6.45) is 4.59. The molecule has 0 aromatic heterocycles. The molecule has 1 aromatic rings. The minimum atomic E-state index is -0.303. The molecule has 1 aliphatic rings. The van der Waals surface area contributed by atoms with Gasteiger partial charge in [-0.05, 0) is 62.3 Å². The first-order valence-corrected chi connectivity index (χ1v) is 6.86. The Hall–Kier alpha value is -1.42. The third-order valence-electron chi connectivity index (χ3n) is 3.87. The zero-order valence-corrected chi connectivity index (χ0v) is 10.9. The predicted octanol–water partition coefficient (Wildman–Crippen LogP) is 2.95. The molecule has 0 atom stereocenters. The van der Waals surface area contributed by atoms with Crippen molar-refractivity contribution in [2.75, 3.05) is 11.9 Å². The number of hydrogen-bond donors (Lipinski definition) is 2. The Morgan fingerprint density at radius 2 is 1.84 bits per heavy atom.